The molecule has 7 heteroatoms. The Balaban J connectivity index is 0.00000833. The van der Waals surface area contributed by atoms with Crippen molar-refractivity contribution in [2.24, 2.45) is 0 Å². The number of rotatable bonds is 21. The van der Waals surface area contributed by atoms with Crippen LogP contribution in [-0.2, 0) is 29.8 Å². The highest BCUT2D eigenvalue weighted by molar-refractivity contribution is 6.02. The van der Waals surface area contributed by atoms with Crippen molar-refractivity contribution in [3.8, 4) is 5.75 Å². The van der Waals surface area contributed by atoms with Crippen LogP contribution in [0.2, 0.25) is 0 Å². The molecule has 0 aliphatic heterocycles. The van der Waals surface area contributed by atoms with Crippen molar-refractivity contribution in [1.29, 1.82) is 0 Å². The Morgan fingerprint density at radius 1 is 0.735 bits per heavy atom. The number of carbonyl (C=O) groups excluding carboxylic acids is 2. The fraction of sp³-hybridized carbons (Fsp3) is 0.548. The minimum Gasteiger partial charge on any atom is -1.00 e. The minimum atomic E-state index is -0.667. The number of pyridine rings is 1. The molecular formula is C42H61IN2O4. The van der Waals surface area contributed by atoms with E-state index in [1.54, 1.807) is 24.3 Å². The van der Waals surface area contributed by atoms with E-state index in [9.17, 15) is 9.59 Å². The third-order valence-corrected chi connectivity index (χ3v) is 8.70. The molecule has 49 heavy (non-hydrogen) atoms. The van der Waals surface area contributed by atoms with Crippen LogP contribution in [-0.4, -0.2) is 23.5 Å². The summed E-state index contributed by atoms with van der Waals surface area (Å²) in [5.41, 5.74) is 3.09. The van der Waals surface area contributed by atoms with Crippen LogP contribution in [0.4, 0.5) is 4.79 Å². The smallest absolute Gasteiger partial charge is 0.417 e. The molecule has 0 fully saturated rings. The van der Waals surface area contributed by atoms with E-state index in [-0.39, 0.29) is 48.5 Å². The van der Waals surface area contributed by atoms with E-state index in [1.807, 2.05) is 42.7 Å². The van der Waals surface area contributed by atoms with Crippen molar-refractivity contribution in [2.75, 3.05) is 6.61 Å². The fourth-order valence-corrected chi connectivity index (χ4v) is 5.93. The topological polar surface area (TPSA) is 59.7 Å². The van der Waals surface area contributed by atoms with Crippen LogP contribution in [0.25, 0.3) is 0 Å². The van der Waals surface area contributed by atoms with Gasteiger partial charge in [0, 0.05) is 23.6 Å². The molecule has 0 N–H and O–H groups in total. The van der Waals surface area contributed by atoms with Crippen molar-refractivity contribution in [3.63, 3.8) is 0 Å². The monoisotopic (exact) mass is 784 g/mol. The van der Waals surface area contributed by atoms with Gasteiger partial charge in [0.2, 0.25) is 0 Å². The van der Waals surface area contributed by atoms with E-state index in [1.165, 1.54) is 75.5 Å². The number of nitrogens with zero attached hydrogens (tertiary/aromatic N) is 2. The largest absolute Gasteiger partial charge is 1.00 e. The lowest BCUT2D eigenvalue weighted by atomic mass is 9.85. The van der Waals surface area contributed by atoms with Gasteiger partial charge < -0.3 is 33.5 Å². The number of halogens is 1. The van der Waals surface area contributed by atoms with Gasteiger partial charge in [-0.15, -0.1) is 0 Å². The summed E-state index contributed by atoms with van der Waals surface area (Å²) in [6, 6.07) is 18.8. The summed E-state index contributed by atoms with van der Waals surface area (Å²) in [5, 5.41) is 0. The van der Waals surface area contributed by atoms with Crippen molar-refractivity contribution >= 4 is 12.0 Å². The molecule has 2 aromatic carbocycles. The van der Waals surface area contributed by atoms with Crippen LogP contribution in [0.3, 0.4) is 0 Å². The number of ether oxygens (including phenoxy) is 2. The summed E-state index contributed by atoms with van der Waals surface area (Å²) in [5.74, 6) is 0.495. The molecular weight excluding hydrogens is 723 g/mol. The zero-order valence-corrected chi connectivity index (χ0v) is 33.0. The van der Waals surface area contributed by atoms with Gasteiger partial charge in [0.05, 0.1) is 13.2 Å². The Bertz CT molecular complexity index is 1370. The van der Waals surface area contributed by atoms with Crippen molar-refractivity contribution < 1.29 is 47.6 Å². The third kappa shape index (κ3) is 15.7. The molecule has 270 valence electrons. The number of benzene rings is 2. The molecule has 0 saturated heterocycles. The predicted molar refractivity (Wildman–Crippen MR) is 195 cm³/mol. The molecule has 0 bridgehead atoms. The average Bonchev–Trinajstić information content (AvgIpc) is 3.08. The van der Waals surface area contributed by atoms with E-state index in [2.05, 4.69) is 45.3 Å². The highest BCUT2D eigenvalue weighted by atomic mass is 127. The summed E-state index contributed by atoms with van der Waals surface area (Å²) < 4.78 is 14.1. The van der Waals surface area contributed by atoms with E-state index < -0.39 is 6.09 Å². The first-order chi connectivity index (χ1) is 23.2. The summed E-state index contributed by atoms with van der Waals surface area (Å²) in [6.45, 7) is 12.6. The molecule has 1 aromatic heterocycles. The van der Waals surface area contributed by atoms with Gasteiger partial charge in [-0.3, -0.25) is 4.79 Å². The Labute approximate surface area is 314 Å². The lowest BCUT2D eigenvalue weighted by Crippen LogP contribution is -3.00. The van der Waals surface area contributed by atoms with E-state index in [0.29, 0.717) is 12.2 Å². The van der Waals surface area contributed by atoms with Crippen molar-refractivity contribution in [3.05, 3.63) is 95.3 Å². The molecule has 3 rings (SSSR count). The Morgan fingerprint density at radius 3 is 1.98 bits per heavy atom. The number of carbonyl (C=O) groups is 2. The lowest BCUT2D eigenvalue weighted by Gasteiger charge is -2.24. The quantitative estimate of drug-likeness (QED) is 0.0631. The standard InChI is InChI=1S/C42H61N2O4.HI/c1-6-8-9-10-11-12-13-14-15-16-17-21-30-47-39-27-26-35(31-38(39)42(3,4)5)34-48-41(46)44(40(45)37-24-19-18-20-25-37)33-36-23-22-29-43(32-36)28-7-2;/h18-20,22-27,29,31-32H,6-17,21,28,30,33-34H2,1-5H3;1H/q+1;/p-1. The fourth-order valence-electron chi connectivity index (χ4n) is 5.93. The molecule has 0 atom stereocenters. The maximum Gasteiger partial charge on any atom is 0.417 e. The second-order valence-corrected chi connectivity index (χ2v) is 14.1. The van der Waals surface area contributed by atoms with Crippen LogP contribution in [0.5, 0.6) is 5.75 Å². The Hall–Kier alpha value is -2.94. The number of hydrogen-bond acceptors (Lipinski definition) is 4. The highest BCUT2D eigenvalue weighted by Gasteiger charge is 2.26. The molecule has 0 spiro atoms. The first kappa shape index (κ1) is 42.2. The highest BCUT2D eigenvalue weighted by Crippen LogP contribution is 2.33. The van der Waals surface area contributed by atoms with Crippen LogP contribution in [0, 0.1) is 0 Å². The van der Waals surface area contributed by atoms with Crippen molar-refractivity contribution in [2.45, 2.75) is 143 Å². The number of aryl methyl sites for hydroxylation is 1. The van der Waals surface area contributed by atoms with Gasteiger partial charge in [0.15, 0.2) is 12.4 Å². The SMILES string of the molecule is CCCCCCCCCCCCCCOc1ccc(COC(=O)N(Cc2ccc[n+](CCC)c2)C(=O)c2ccccc2)cc1C(C)(C)C.[I-]. The Morgan fingerprint density at radius 2 is 1.37 bits per heavy atom. The maximum absolute atomic E-state index is 13.5. The average molecular weight is 785 g/mol. The summed E-state index contributed by atoms with van der Waals surface area (Å²) in [7, 11) is 0. The van der Waals surface area contributed by atoms with Gasteiger partial charge in [0.1, 0.15) is 18.9 Å². The third-order valence-electron chi connectivity index (χ3n) is 8.70. The first-order valence-corrected chi connectivity index (χ1v) is 18.5. The lowest BCUT2D eigenvalue weighted by molar-refractivity contribution is -0.697. The van der Waals surface area contributed by atoms with Crippen LogP contribution >= 0.6 is 0 Å². The molecule has 3 aromatic rings. The van der Waals surface area contributed by atoms with Gasteiger partial charge in [-0.1, -0.05) is 130 Å². The van der Waals surface area contributed by atoms with Crippen LogP contribution in [0.1, 0.15) is 145 Å². The van der Waals surface area contributed by atoms with E-state index in [4.69, 9.17) is 9.47 Å². The van der Waals surface area contributed by atoms with Crippen LogP contribution < -0.4 is 33.3 Å². The van der Waals surface area contributed by atoms with Crippen molar-refractivity contribution in [1.82, 2.24) is 4.90 Å². The Kier molecular flexibility index (Phi) is 20.2. The molecule has 0 unspecified atom stereocenters. The van der Waals surface area contributed by atoms with Gasteiger partial charge in [0.25, 0.3) is 5.91 Å². The zero-order chi connectivity index (χ0) is 34.6. The second kappa shape index (κ2) is 23.5. The molecule has 1 heterocycles. The predicted octanol–water partition coefficient (Wildman–Crippen LogP) is 7.74. The van der Waals surface area contributed by atoms with Gasteiger partial charge in [-0.25, -0.2) is 14.3 Å². The number of amides is 2. The van der Waals surface area contributed by atoms with E-state index >= 15 is 0 Å². The summed E-state index contributed by atoms with van der Waals surface area (Å²) in [4.78, 5) is 28.2. The summed E-state index contributed by atoms with van der Waals surface area (Å²) in [6.07, 6.45) is 20.1. The molecule has 0 saturated carbocycles. The van der Waals surface area contributed by atoms with Gasteiger partial charge >= 0.3 is 6.09 Å². The number of unbranched alkanes of at least 4 members (excludes halogenated alkanes) is 11. The van der Waals surface area contributed by atoms with Gasteiger partial charge in [-0.2, -0.15) is 0 Å². The molecule has 0 aliphatic carbocycles. The van der Waals surface area contributed by atoms with Gasteiger partial charge in [-0.05, 0) is 53.3 Å². The minimum absolute atomic E-state index is 0. The number of aromatic nitrogens is 1. The number of hydrogen-bond donors (Lipinski definition) is 0. The molecule has 0 aliphatic rings. The van der Waals surface area contributed by atoms with E-state index in [0.717, 1.165) is 41.8 Å². The van der Waals surface area contributed by atoms with Crippen LogP contribution in [0.15, 0.2) is 73.1 Å². The zero-order valence-electron chi connectivity index (χ0n) is 30.9. The number of imide groups is 1. The molecule has 0 radical (unpaired) electrons. The maximum atomic E-state index is 13.5. The summed E-state index contributed by atoms with van der Waals surface area (Å²) >= 11 is 0. The normalized spacial score (nSPS) is 11.1. The second-order valence-electron chi connectivity index (χ2n) is 14.1. The molecule has 6 nitrogen and oxygen atoms in total. The molecule has 2 amide bonds. The first-order valence-electron chi connectivity index (χ1n) is 18.5.